The number of phenols is 1. The summed E-state index contributed by atoms with van der Waals surface area (Å²) < 4.78 is 5.70. The molecule has 116 valence electrons. The maximum absolute atomic E-state index is 9.53. The number of nitrogens with one attached hydrogen (secondary N) is 2. The Bertz CT molecular complexity index is 524. The highest BCUT2D eigenvalue weighted by molar-refractivity contribution is 5.44. The van der Waals surface area contributed by atoms with E-state index in [1.54, 1.807) is 12.1 Å². The number of ether oxygens (including phenoxy) is 1. The minimum atomic E-state index is 0.136. The summed E-state index contributed by atoms with van der Waals surface area (Å²) in [6, 6.07) is 6.08. The van der Waals surface area contributed by atoms with Crippen molar-refractivity contribution in [2.45, 2.75) is 63.7 Å². The fraction of sp³-hybridized carbons (Fsp3) is 0.647. The molecule has 4 nitrogen and oxygen atoms in total. The Hall–Kier alpha value is -1.26. The number of hydrogen-bond donors (Lipinski definition) is 3. The Balaban J connectivity index is 1.74. The van der Waals surface area contributed by atoms with Gasteiger partial charge >= 0.3 is 0 Å². The van der Waals surface area contributed by atoms with Gasteiger partial charge in [-0.05, 0) is 52.7 Å². The molecule has 0 amide bonds. The van der Waals surface area contributed by atoms with Crippen molar-refractivity contribution in [2.24, 2.45) is 0 Å². The lowest BCUT2D eigenvalue weighted by molar-refractivity contribution is 0.136. The monoisotopic (exact) mass is 290 g/mol. The lowest BCUT2D eigenvalue weighted by Crippen LogP contribution is -2.61. The molecule has 1 atom stereocenters. The van der Waals surface area contributed by atoms with E-state index in [9.17, 15) is 5.11 Å². The Labute approximate surface area is 126 Å². The van der Waals surface area contributed by atoms with E-state index in [4.69, 9.17) is 4.74 Å². The fourth-order valence-electron chi connectivity index (χ4n) is 4.06. The minimum absolute atomic E-state index is 0.136. The Kier molecular flexibility index (Phi) is 3.41. The van der Waals surface area contributed by atoms with Gasteiger partial charge in [-0.15, -0.1) is 0 Å². The first-order valence-corrected chi connectivity index (χ1v) is 7.75. The van der Waals surface area contributed by atoms with E-state index in [0.29, 0.717) is 12.6 Å². The molecule has 1 aromatic rings. The third kappa shape index (κ3) is 3.16. The normalized spacial score (nSPS) is 27.1. The summed E-state index contributed by atoms with van der Waals surface area (Å²) >= 11 is 0. The van der Waals surface area contributed by atoms with Gasteiger partial charge in [0.05, 0.1) is 6.04 Å². The van der Waals surface area contributed by atoms with Gasteiger partial charge in [-0.2, -0.15) is 0 Å². The van der Waals surface area contributed by atoms with Crippen molar-refractivity contribution in [3.63, 3.8) is 0 Å². The molecule has 0 radical (unpaired) electrons. The second kappa shape index (κ2) is 4.89. The predicted molar refractivity (Wildman–Crippen MR) is 83.8 cm³/mol. The van der Waals surface area contributed by atoms with E-state index in [0.717, 1.165) is 24.2 Å². The van der Waals surface area contributed by atoms with Gasteiger partial charge in [-0.25, -0.2) is 0 Å². The van der Waals surface area contributed by atoms with Crippen molar-refractivity contribution < 1.29 is 9.84 Å². The lowest BCUT2D eigenvalue weighted by Gasteiger charge is -2.47. The zero-order valence-corrected chi connectivity index (χ0v) is 13.4. The molecule has 3 rings (SSSR count). The largest absolute Gasteiger partial charge is 0.508 e. The van der Waals surface area contributed by atoms with E-state index in [1.165, 1.54) is 0 Å². The first kappa shape index (κ1) is 14.7. The zero-order chi connectivity index (χ0) is 15.3. The Morgan fingerprint density at radius 2 is 1.86 bits per heavy atom. The Morgan fingerprint density at radius 1 is 1.19 bits per heavy atom. The predicted octanol–water partition coefficient (Wildman–Crippen LogP) is 2.72. The molecule has 1 unspecified atom stereocenters. The molecule has 2 aliphatic heterocycles. The number of fused-ring (bicyclic) bond motifs is 1. The van der Waals surface area contributed by atoms with Crippen LogP contribution in [0.3, 0.4) is 0 Å². The molecule has 4 heteroatoms. The van der Waals surface area contributed by atoms with Gasteiger partial charge in [-0.1, -0.05) is 0 Å². The highest BCUT2D eigenvalue weighted by atomic mass is 16.5. The summed E-state index contributed by atoms with van der Waals surface area (Å²) in [5.74, 6) is 1.07. The molecule has 2 aliphatic rings. The second-order valence-electron chi connectivity index (χ2n) is 7.75. The molecule has 0 bridgehead atoms. The van der Waals surface area contributed by atoms with Crippen LogP contribution in [0.1, 0.15) is 52.1 Å². The van der Waals surface area contributed by atoms with Crippen molar-refractivity contribution in [1.82, 2.24) is 10.6 Å². The van der Waals surface area contributed by atoms with Gasteiger partial charge in [0.2, 0.25) is 0 Å². The molecule has 2 heterocycles. The van der Waals surface area contributed by atoms with E-state index in [2.05, 4.69) is 38.3 Å². The van der Waals surface area contributed by atoms with Gasteiger partial charge in [0, 0.05) is 28.7 Å². The molecule has 0 spiro atoms. The molecule has 0 saturated carbocycles. The molecule has 1 saturated heterocycles. The van der Waals surface area contributed by atoms with E-state index >= 15 is 0 Å². The van der Waals surface area contributed by atoms with Crippen LogP contribution in [-0.2, 0) is 0 Å². The SMILES string of the molecule is CC1(C)CC(NC2COc3cc(O)ccc32)CC(C)(C)N1. The van der Waals surface area contributed by atoms with Crippen molar-refractivity contribution in [3.05, 3.63) is 23.8 Å². The number of phenolic OH excluding ortho intramolecular Hbond substituents is 1. The standard InChI is InChI=1S/C17H26N2O2/c1-16(2)8-11(9-17(3,4)19-16)18-14-10-21-15-7-12(20)5-6-13(14)15/h5-7,11,14,18-20H,8-10H2,1-4H3. The molecule has 1 fully saturated rings. The lowest BCUT2D eigenvalue weighted by atomic mass is 9.79. The first-order chi connectivity index (χ1) is 9.74. The third-order valence-corrected chi connectivity index (χ3v) is 4.41. The van der Waals surface area contributed by atoms with E-state index in [-0.39, 0.29) is 22.9 Å². The van der Waals surface area contributed by atoms with Gasteiger partial charge in [0.25, 0.3) is 0 Å². The number of piperidine rings is 1. The molecule has 0 aromatic heterocycles. The van der Waals surface area contributed by atoms with Crippen LogP contribution in [-0.4, -0.2) is 28.8 Å². The molecule has 21 heavy (non-hydrogen) atoms. The summed E-state index contributed by atoms with van der Waals surface area (Å²) in [5, 5.41) is 17.0. The maximum atomic E-state index is 9.53. The number of hydrogen-bond acceptors (Lipinski definition) is 4. The van der Waals surface area contributed by atoms with Crippen LogP contribution < -0.4 is 15.4 Å². The topological polar surface area (TPSA) is 53.5 Å². The first-order valence-electron chi connectivity index (χ1n) is 7.75. The fourth-order valence-corrected chi connectivity index (χ4v) is 4.06. The number of rotatable bonds is 2. The molecular weight excluding hydrogens is 264 g/mol. The van der Waals surface area contributed by atoms with Crippen LogP contribution in [0.15, 0.2) is 18.2 Å². The van der Waals surface area contributed by atoms with Crippen LogP contribution in [0.25, 0.3) is 0 Å². The van der Waals surface area contributed by atoms with Crippen LogP contribution in [0, 0.1) is 0 Å². The quantitative estimate of drug-likeness (QED) is 0.784. The van der Waals surface area contributed by atoms with Crippen LogP contribution >= 0.6 is 0 Å². The smallest absolute Gasteiger partial charge is 0.127 e. The van der Waals surface area contributed by atoms with Crippen molar-refractivity contribution >= 4 is 0 Å². The van der Waals surface area contributed by atoms with Gasteiger partial charge in [0.15, 0.2) is 0 Å². The molecule has 0 aliphatic carbocycles. The van der Waals surface area contributed by atoms with Crippen molar-refractivity contribution in [2.75, 3.05) is 6.61 Å². The number of benzene rings is 1. The summed E-state index contributed by atoms with van der Waals surface area (Å²) in [4.78, 5) is 0. The highest BCUT2D eigenvalue weighted by Gasteiger charge is 2.39. The number of aromatic hydroxyl groups is 1. The minimum Gasteiger partial charge on any atom is -0.508 e. The third-order valence-electron chi connectivity index (χ3n) is 4.41. The van der Waals surface area contributed by atoms with Crippen LogP contribution in [0.2, 0.25) is 0 Å². The summed E-state index contributed by atoms with van der Waals surface area (Å²) in [5.41, 5.74) is 1.43. The molecular formula is C17H26N2O2. The summed E-state index contributed by atoms with van der Waals surface area (Å²) in [7, 11) is 0. The average molecular weight is 290 g/mol. The molecule has 3 N–H and O–H groups in total. The van der Waals surface area contributed by atoms with Crippen LogP contribution in [0.4, 0.5) is 0 Å². The molecule has 1 aromatic carbocycles. The van der Waals surface area contributed by atoms with Crippen molar-refractivity contribution in [3.8, 4) is 11.5 Å². The zero-order valence-electron chi connectivity index (χ0n) is 13.4. The van der Waals surface area contributed by atoms with Crippen LogP contribution in [0.5, 0.6) is 11.5 Å². The average Bonchev–Trinajstić information content (AvgIpc) is 2.67. The van der Waals surface area contributed by atoms with Gasteiger partial charge in [-0.3, -0.25) is 0 Å². The van der Waals surface area contributed by atoms with Gasteiger partial charge < -0.3 is 20.5 Å². The summed E-state index contributed by atoms with van der Waals surface area (Å²) in [6.45, 7) is 9.70. The van der Waals surface area contributed by atoms with Gasteiger partial charge in [0.1, 0.15) is 18.1 Å². The maximum Gasteiger partial charge on any atom is 0.127 e. The van der Waals surface area contributed by atoms with Crippen molar-refractivity contribution in [1.29, 1.82) is 0 Å². The summed E-state index contributed by atoms with van der Waals surface area (Å²) in [6.07, 6.45) is 2.20. The second-order valence-corrected chi connectivity index (χ2v) is 7.75. The van der Waals surface area contributed by atoms with E-state index < -0.39 is 0 Å². The highest BCUT2D eigenvalue weighted by Crippen LogP contribution is 2.37. The Morgan fingerprint density at radius 3 is 2.52 bits per heavy atom. The van der Waals surface area contributed by atoms with E-state index in [1.807, 2.05) is 6.07 Å².